The number of benzene rings is 1. The van der Waals surface area contributed by atoms with Gasteiger partial charge in [-0.05, 0) is 25.0 Å². The number of anilines is 1. The number of nitrogens with zero attached hydrogens (tertiary/aromatic N) is 1. The Kier molecular flexibility index (Phi) is 3.82. The third-order valence-corrected chi connectivity index (χ3v) is 4.37. The molecule has 0 radical (unpaired) electrons. The summed E-state index contributed by atoms with van der Waals surface area (Å²) < 4.78 is 5.57. The van der Waals surface area contributed by atoms with Crippen LogP contribution in [0.15, 0.2) is 24.3 Å². The van der Waals surface area contributed by atoms with Crippen LogP contribution >= 0.6 is 0 Å². The quantitative estimate of drug-likeness (QED) is 0.677. The fraction of sp³-hybridized carbons (Fsp3) is 0.500. The first kappa shape index (κ1) is 13.9. The van der Waals surface area contributed by atoms with Crippen LogP contribution in [0.1, 0.15) is 25.7 Å². The first-order valence-electron chi connectivity index (χ1n) is 7.50. The molecule has 2 fully saturated rings. The highest BCUT2D eigenvalue weighted by Gasteiger charge is 2.47. The molecular formula is C16H20N2O3. The van der Waals surface area contributed by atoms with Crippen LogP contribution in [0, 0.1) is 11.8 Å². The fourth-order valence-corrected chi connectivity index (χ4v) is 3.31. The average Bonchev–Trinajstić information content (AvgIpc) is 2.73. The van der Waals surface area contributed by atoms with Crippen molar-refractivity contribution >= 4 is 17.5 Å². The number of nitrogen functional groups attached to an aromatic ring is 1. The summed E-state index contributed by atoms with van der Waals surface area (Å²) in [5, 5.41) is 0. The predicted molar refractivity (Wildman–Crippen MR) is 78.5 cm³/mol. The molecule has 1 aromatic carbocycles. The zero-order chi connectivity index (χ0) is 14.8. The Bertz CT molecular complexity index is 534. The van der Waals surface area contributed by atoms with Gasteiger partial charge in [-0.1, -0.05) is 18.9 Å². The first-order chi connectivity index (χ1) is 10.2. The van der Waals surface area contributed by atoms with Gasteiger partial charge in [0.15, 0.2) is 0 Å². The van der Waals surface area contributed by atoms with Crippen LogP contribution in [0.3, 0.4) is 0 Å². The molecule has 2 atom stereocenters. The van der Waals surface area contributed by atoms with Gasteiger partial charge < -0.3 is 10.5 Å². The van der Waals surface area contributed by atoms with E-state index in [0.717, 1.165) is 25.7 Å². The van der Waals surface area contributed by atoms with Crippen LogP contribution < -0.4 is 10.5 Å². The molecule has 0 spiro atoms. The van der Waals surface area contributed by atoms with Crippen molar-refractivity contribution < 1.29 is 14.3 Å². The summed E-state index contributed by atoms with van der Waals surface area (Å²) in [6.45, 7) is 0.625. The van der Waals surface area contributed by atoms with Gasteiger partial charge in [-0.15, -0.1) is 0 Å². The van der Waals surface area contributed by atoms with E-state index in [1.54, 1.807) is 12.1 Å². The number of nitrogens with two attached hydrogens (primary N) is 1. The maximum atomic E-state index is 12.3. The van der Waals surface area contributed by atoms with E-state index in [-0.39, 0.29) is 23.7 Å². The molecule has 1 aliphatic carbocycles. The van der Waals surface area contributed by atoms with Crippen molar-refractivity contribution in [1.82, 2.24) is 4.90 Å². The van der Waals surface area contributed by atoms with Crippen LogP contribution in [-0.2, 0) is 9.59 Å². The smallest absolute Gasteiger partial charge is 0.233 e. The van der Waals surface area contributed by atoms with Gasteiger partial charge in [0.2, 0.25) is 11.8 Å². The summed E-state index contributed by atoms with van der Waals surface area (Å²) in [7, 11) is 0. The Hall–Kier alpha value is -2.04. The van der Waals surface area contributed by atoms with E-state index in [4.69, 9.17) is 10.5 Å². The van der Waals surface area contributed by atoms with Crippen molar-refractivity contribution in [3.05, 3.63) is 24.3 Å². The molecule has 0 aromatic heterocycles. The first-order valence-corrected chi connectivity index (χ1v) is 7.50. The van der Waals surface area contributed by atoms with Crippen LogP contribution in [0.2, 0.25) is 0 Å². The van der Waals surface area contributed by atoms with Crippen LogP contribution in [-0.4, -0.2) is 29.9 Å². The number of carbonyl (C=O) groups excluding carboxylic acids is 2. The van der Waals surface area contributed by atoms with Gasteiger partial charge in [0.05, 0.1) is 18.4 Å². The van der Waals surface area contributed by atoms with Crippen molar-refractivity contribution in [1.29, 1.82) is 0 Å². The van der Waals surface area contributed by atoms with Crippen molar-refractivity contribution in [3.8, 4) is 5.75 Å². The van der Waals surface area contributed by atoms with Crippen molar-refractivity contribution in [2.45, 2.75) is 25.7 Å². The Morgan fingerprint density at radius 1 is 1.14 bits per heavy atom. The Labute approximate surface area is 124 Å². The number of ether oxygens (including phenoxy) is 1. The van der Waals surface area contributed by atoms with Crippen molar-refractivity contribution in [2.75, 3.05) is 18.9 Å². The molecule has 112 valence electrons. The van der Waals surface area contributed by atoms with Gasteiger partial charge >= 0.3 is 0 Å². The molecule has 2 unspecified atom stereocenters. The predicted octanol–water partition coefficient (Wildman–Crippen LogP) is 1.82. The van der Waals surface area contributed by atoms with E-state index in [2.05, 4.69) is 0 Å². The molecular weight excluding hydrogens is 268 g/mol. The molecule has 1 heterocycles. The zero-order valence-electron chi connectivity index (χ0n) is 12.0. The van der Waals surface area contributed by atoms with Gasteiger partial charge in [-0.2, -0.15) is 0 Å². The van der Waals surface area contributed by atoms with E-state index < -0.39 is 0 Å². The van der Waals surface area contributed by atoms with E-state index in [1.165, 1.54) is 4.90 Å². The minimum Gasteiger partial charge on any atom is -0.492 e. The highest BCUT2D eigenvalue weighted by molar-refractivity contribution is 6.05. The topological polar surface area (TPSA) is 72.6 Å². The zero-order valence-corrected chi connectivity index (χ0v) is 12.0. The minimum atomic E-state index is -0.0846. The largest absolute Gasteiger partial charge is 0.492 e. The molecule has 0 bridgehead atoms. The third-order valence-electron chi connectivity index (χ3n) is 4.37. The second kappa shape index (κ2) is 5.76. The molecule has 1 aliphatic heterocycles. The number of imide groups is 1. The minimum absolute atomic E-state index is 0.0131. The number of carbonyl (C=O) groups is 2. The number of likely N-dealkylation sites (tertiary alicyclic amines) is 1. The van der Waals surface area contributed by atoms with Gasteiger partial charge in [0.1, 0.15) is 12.4 Å². The summed E-state index contributed by atoms with van der Waals surface area (Å²) >= 11 is 0. The lowest BCUT2D eigenvalue weighted by Crippen LogP contribution is -2.34. The maximum absolute atomic E-state index is 12.3. The number of fused-ring (bicyclic) bond motifs is 1. The summed E-state index contributed by atoms with van der Waals surface area (Å²) in [6.07, 6.45) is 3.80. The number of amides is 2. The summed E-state index contributed by atoms with van der Waals surface area (Å²) in [4.78, 5) is 25.9. The van der Waals surface area contributed by atoms with Gasteiger partial charge in [0, 0.05) is 11.8 Å². The van der Waals surface area contributed by atoms with Gasteiger partial charge in [-0.25, -0.2) is 0 Å². The van der Waals surface area contributed by atoms with Crippen LogP contribution in [0.25, 0.3) is 0 Å². The molecule has 2 amide bonds. The second-order valence-corrected chi connectivity index (χ2v) is 5.75. The Morgan fingerprint density at radius 2 is 1.81 bits per heavy atom. The van der Waals surface area contributed by atoms with E-state index in [9.17, 15) is 9.59 Å². The normalized spacial score (nSPS) is 25.0. The summed E-state index contributed by atoms with van der Waals surface area (Å²) in [5.41, 5.74) is 6.31. The molecule has 2 aliphatic rings. The molecule has 1 saturated heterocycles. The Balaban J connectivity index is 1.58. The van der Waals surface area contributed by atoms with E-state index >= 15 is 0 Å². The molecule has 1 aromatic rings. The number of hydrogen-bond donors (Lipinski definition) is 1. The van der Waals surface area contributed by atoms with E-state index in [0.29, 0.717) is 24.6 Å². The number of rotatable bonds is 4. The Morgan fingerprint density at radius 3 is 2.43 bits per heavy atom. The summed E-state index contributed by atoms with van der Waals surface area (Å²) in [6, 6.07) is 7.13. The lowest BCUT2D eigenvalue weighted by Gasteiger charge is -2.19. The molecule has 5 heteroatoms. The van der Waals surface area contributed by atoms with Gasteiger partial charge in [0.25, 0.3) is 0 Å². The SMILES string of the molecule is Nc1cccc(OCCN2C(=O)C3CCCCC3C2=O)c1. The third kappa shape index (κ3) is 2.73. The van der Waals surface area contributed by atoms with Crippen molar-refractivity contribution in [3.63, 3.8) is 0 Å². The van der Waals surface area contributed by atoms with Gasteiger partial charge in [-0.3, -0.25) is 14.5 Å². The van der Waals surface area contributed by atoms with Crippen molar-refractivity contribution in [2.24, 2.45) is 11.8 Å². The molecule has 1 saturated carbocycles. The molecule has 2 N–H and O–H groups in total. The van der Waals surface area contributed by atoms with Crippen LogP contribution in [0.5, 0.6) is 5.75 Å². The average molecular weight is 288 g/mol. The van der Waals surface area contributed by atoms with Crippen LogP contribution in [0.4, 0.5) is 5.69 Å². The lowest BCUT2D eigenvalue weighted by atomic mass is 9.81. The highest BCUT2D eigenvalue weighted by Crippen LogP contribution is 2.37. The lowest BCUT2D eigenvalue weighted by molar-refractivity contribution is -0.140. The molecule has 5 nitrogen and oxygen atoms in total. The maximum Gasteiger partial charge on any atom is 0.233 e. The van der Waals surface area contributed by atoms with E-state index in [1.807, 2.05) is 12.1 Å². The molecule has 3 rings (SSSR count). The fourth-order valence-electron chi connectivity index (χ4n) is 3.31. The number of hydrogen-bond acceptors (Lipinski definition) is 4. The molecule has 21 heavy (non-hydrogen) atoms. The monoisotopic (exact) mass is 288 g/mol. The highest BCUT2D eigenvalue weighted by atomic mass is 16.5. The standard InChI is InChI=1S/C16H20N2O3/c17-11-4-3-5-12(10-11)21-9-8-18-15(19)13-6-1-2-7-14(13)16(18)20/h3-5,10,13-14H,1-2,6-9,17H2. The summed E-state index contributed by atoms with van der Waals surface area (Å²) in [5.74, 6) is 0.463. The second-order valence-electron chi connectivity index (χ2n) is 5.75.